The quantitative estimate of drug-likeness (QED) is 0.844. The average molecular weight is 366 g/mol. The Balaban J connectivity index is 2.45. The van der Waals surface area contributed by atoms with E-state index in [4.69, 9.17) is 10.7 Å². The molecule has 21 heavy (non-hydrogen) atoms. The summed E-state index contributed by atoms with van der Waals surface area (Å²) in [4.78, 5) is 0.00300. The lowest BCUT2D eigenvalue weighted by atomic mass is 10.1. The van der Waals surface area contributed by atoms with E-state index in [-0.39, 0.29) is 9.10 Å². The number of anilines is 1. The lowest BCUT2D eigenvalue weighted by Gasteiger charge is -2.11. The summed E-state index contributed by atoms with van der Waals surface area (Å²) in [5.41, 5.74) is 1.06. The third kappa shape index (κ3) is 3.57. The summed E-state index contributed by atoms with van der Waals surface area (Å²) in [6.45, 7) is 3.12. The minimum absolute atomic E-state index is 0.00300. The molecule has 0 amide bonds. The molecule has 1 N–H and O–H groups in total. The van der Waals surface area contributed by atoms with E-state index >= 15 is 0 Å². The van der Waals surface area contributed by atoms with Crippen LogP contribution < -0.4 is 4.72 Å². The van der Waals surface area contributed by atoms with Crippen LogP contribution in [0.2, 0.25) is 0 Å². The summed E-state index contributed by atoms with van der Waals surface area (Å²) in [6.07, 6.45) is 0. The predicted octanol–water partition coefficient (Wildman–Crippen LogP) is 3.09. The fraction of sp³-hybridized carbons (Fsp3) is 0.167. The van der Waals surface area contributed by atoms with Crippen molar-refractivity contribution in [3.05, 3.63) is 40.8 Å². The number of sulfonamides is 1. The van der Waals surface area contributed by atoms with Crippen LogP contribution in [0.15, 0.2) is 38.8 Å². The fourth-order valence-electron chi connectivity index (χ4n) is 2.02. The van der Waals surface area contributed by atoms with Gasteiger partial charge in [0.25, 0.3) is 19.1 Å². The van der Waals surface area contributed by atoms with E-state index in [0.29, 0.717) is 16.8 Å². The highest BCUT2D eigenvalue weighted by molar-refractivity contribution is 8.13. The van der Waals surface area contributed by atoms with E-state index < -0.39 is 19.1 Å². The van der Waals surface area contributed by atoms with E-state index in [1.165, 1.54) is 18.2 Å². The molecule has 1 aromatic heterocycles. The molecule has 9 heteroatoms. The Morgan fingerprint density at radius 2 is 1.67 bits per heavy atom. The first-order valence-corrected chi connectivity index (χ1v) is 10.4. The Morgan fingerprint density at radius 3 is 2.10 bits per heavy atom. The Bertz CT molecular complexity index is 848. The molecular weight excluding hydrogens is 354 g/mol. The molecule has 0 spiro atoms. The number of benzene rings is 1. The van der Waals surface area contributed by atoms with Gasteiger partial charge in [0.15, 0.2) is 0 Å². The molecule has 0 saturated heterocycles. The van der Waals surface area contributed by atoms with Gasteiger partial charge in [-0.2, -0.15) is 0 Å². The van der Waals surface area contributed by atoms with Gasteiger partial charge in [-0.05, 0) is 48.6 Å². The Kier molecular flexibility index (Phi) is 4.34. The third-order valence-electron chi connectivity index (χ3n) is 2.72. The molecule has 0 atom stereocenters. The molecule has 5 nitrogen and oxygen atoms in total. The van der Waals surface area contributed by atoms with Gasteiger partial charge in [-0.15, -0.1) is 11.3 Å². The van der Waals surface area contributed by atoms with E-state index in [1.54, 1.807) is 25.3 Å². The van der Waals surface area contributed by atoms with E-state index in [2.05, 4.69) is 4.72 Å². The Morgan fingerprint density at radius 1 is 1.10 bits per heavy atom. The summed E-state index contributed by atoms with van der Waals surface area (Å²) in [6, 6.07) is 6.00. The fourth-order valence-corrected chi connectivity index (χ4v) is 5.67. The molecule has 0 radical (unpaired) electrons. The maximum atomic E-state index is 12.1. The molecule has 0 aliphatic carbocycles. The van der Waals surface area contributed by atoms with Crippen LogP contribution >= 0.6 is 22.0 Å². The Hall–Kier alpha value is -1.09. The maximum absolute atomic E-state index is 12.1. The molecule has 1 aromatic carbocycles. The molecule has 0 bridgehead atoms. The standard InChI is InChI=1S/C12H12ClNO4S3/c1-8-6-10(7-9(2)12(8)20(13,15)16)14-21(17,18)11-4-3-5-19-11/h3-7,14H,1-2H3. The van der Waals surface area contributed by atoms with Crippen molar-refractivity contribution in [1.29, 1.82) is 0 Å². The molecule has 2 aromatic rings. The molecular formula is C12H12ClNO4S3. The van der Waals surface area contributed by atoms with Gasteiger partial charge in [-0.25, -0.2) is 16.8 Å². The number of hydrogen-bond acceptors (Lipinski definition) is 5. The lowest BCUT2D eigenvalue weighted by Crippen LogP contribution is -2.12. The number of halogens is 1. The van der Waals surface area contributed by atoms with Crippen molar-refractivity contribution < 1.29 is 16.8 Å². The number of thiophene rings is 1. The Labute approximate surface area is 132 Å². The zero-order valence-corrected chi connectivity index (χ0v) is 14.3. The van der Waals surface area contributed by atoms with Crippen molar-refractivity contribution in [2.45, 2.75) is 23.0 Å². The molecule has 0 fully saturated rings. The second-order valence-electron chi connectivity index (χ2n) is 4.41. The topological polar surface area (TPSA) is 80.3 Å². The van der Waals surface area contributed by atoms with Crippen molar-refractivity contribution in [1.82, 2.24) is 0 Å². The zero-order chi connectivity index (χ0) is 15.8. The highest BCUT2D eigenvalue weighted by Gasteiger charge is 2.20. The zero-order valence-electron chi connectivity index (χ0n) is 11.1. The highest BCUT2D eigenvalue weighted by atomic mass is 35.7. The van der Waals surface area contributed by atoms with Gasteiger partial charge in [0.2, 0.25) is 0 Å². The van der Waals surface area contributed by atoms with Crippen LogP contribution in [0, 0.1) is 13.8 Å². The second kappa shape index (κ2) is 5.60. The van der Waals surface area contributed by atoms with Crippen LogP contribution in [0.3, 0.4) is 0 Å². The lowest BCUT2D eigenvalue weighted by molar-refractivity contribution is 0.603. The predicted molar refractivity (Wildman–Crippen MR) is 84.1 cm³/mol. The first-order chi connectivity index (χ1) is 9.61. The van der Waals surface area contributed by atoms with Gasteiger partial charge < -0.3 is 0 Å². The first-order valence-electron chi connectivity index (χ1n) is 5.73. The molecule has 1 heterocycles. The third-order valence-corrected chi connectivity index (χ3v) is 7.09. The van der Waals surface area contributed by atoms with Gasteiger partial charge in [0.1, 0.15) is 4.21 Å². The van der Waals surface area contributed by atoms with Gasteiger partial charge in [-0.1, -0.05) is 6.07 Å². The summed E-state index contributed by atoms with van der Waals surface area (Å²) < 4.78 is 49.8. The van der Waals surface area contributed by atoms with Crippen LogP contribution in [0.5, 0.6) is 0 Å². The number of nitrogens with one attached hydrogen (secondary N) is 1. The largest absolute Gasteiger partial charge is 0.279 e. The van der Waals surface area contributed by atoms with Crippen molar-refractivity contribution in [2.24, 2.45) is 0 Å². The van der Waals surface area contributed by atoms with Crippen LogP contribution in [0.1, 0.15) is 11.1 Å². The monoisotopic (exact) mass is 365 g/mol. The summed E-state index contributed by atoms with van der Waals surface area (Å²) >= 11 is 1.10. The summed E-state index contributed by atoms with van der Waals surface area (Å²) in [5.74, 6) is 0. The SMILES string of the molecule is Cc1cc(NS(=O)(=O)c2cccs2)cc(C)c1S(=O)(=O)Cl. The molecule has 0 unspecified atom stereocenters. The van der Waals surface area contributed by atoms with Crippen molar-refractivity contribution in [2.75, 3.05) is 4.72 Å². The normalized spacial score (nSPS) is 12.3. The van der Waals surface area contributed by atoms with E-state index in [1.807, 2.05) is 0 Å². The molecule has 2 rings (SSSR count). The van der Waals surface area contributed by atoms with Gasteiger partial charge in [-0.3, -0.25) is 4.72 Å². The number of hydrogen-bond donors (Lipinski definition) is 1. The van der Waals surface area contributed by atoms with Gasteiger partial charge in [0, 0.05) is 16.4 Å². The average Bonchev–Trinajstić information content (AvgIpc) is 2.78. The smallest absolute Gasteiger partial charge is 0.271 e. The van der Waals surface area contributed by atoms with E-state index in [9.17, 15) is 16.8 Å². The number of rotatable bonds is 4. The minimum Gasteiger partial charge on any atom is -0.279 e. The van der Waals surface area contributed by atoms with Crippen LogP contribution in [-0.4, -0.2) is 16.8 Å². The van der Waals surface area contributed by atoms with Crippen LogP contribution in [0.4, 0.5) is 5.69 Å². The highest BCUT2D eigenvalue weighted by Crippen LogP contribution is 2.28. The maximum Gasteiger partial charge on any atom is 0.271 e. The minimum atomic E-state index is -3.87. The van der Waals surface area contributed by atoms with Crippen LogP contribution in [-0.2, 0) is 19.1 Å². The molecule has 0 aliphatic heterocycles. The molecule has 114 valence electrons. The van der Waals surface area contributed by atoms with Gasteiger partial charge >= 0.3 is 0 Å². The molecule has 0 saturated carbocycles. The summed E-state index contributed by atoms with van der Waals surface area (Å²) in [7, 11) is -2.17. The van der Waals surface area contributed by atoms with Crippen molar-refractivity contribution >= 4 is 46.8 Å². The molecule has 0 aliphatic rings. The first kappa shape index (κ1) is 16.3. The second-order valence-corrected chi connectivity index (χ2v) is 9.77. The number of aryl methyl sites for hydroxylation is 2. The van der Waals surface area contributed by atoms with Crippen molar-refractivity contribution in [3.63, 3.8) is 0 Å². The summed E-state index contributed by atoms with van der Waals surface area (Å²) in [5, 5.41) is 1.66. The van der Waals surface area contributed by atoms with Crippen molar-refractivity contribution in [3.8, 4) is 0 Å². The van der Waals surface area contributed by atoms with E-state index in [0.717, 1.165) is 11.3 Å². The van der Waals surface area contributed by atoms with Gasteiger partial charge in [0.05, 0.1) is 4.90 Å². The van der Waals surface area contributed by atoms with Crippen LogP contribution in [0.25, 0.3) is 0 Å².